The first kappa shape index (κ1) is 22.7. The molecule has 0 saturated carbocycles. The van der Waals surface area contributed by atoms with Gasteiger partial charge < -0.3 is 15.5 Å². The van der Waals surface area contributed by atoms with E-state index in [2.05, 4.69) is 42.7 Å². The van der Waals surface area contributed by atoms with Gasteiger partial charge >= 0.3 is 0 Å². The zero-order chi connectivity index (χ0) is 21.5. The molecule has 2 fully saturated rings. The van der Waals surface area contributed by atoms with Gasteiger partial charge in [-0.2, -0.15) is 0 Å². The highest BCUT2D eigenvalue weighted by molar-refractivity contribution is 7.27. The van der Waals surface area contributed by atoms with Crippen molar-refractivity contribution in [3.05, 3.63) is 54.4 Å². The number of carbonyl (C=O) groups excluding carboxylic acids is 1. The SMILES string of the molecule is C=C/C=N\C(=C/C)N1CCN(C2CN(C(=O)CC(N)Cc3ccccc3P)C2)CC1. The second-order valence-corrected chi connectivity index (χ2v) is 8.63. The summed E-state index contributed by atoms with van der Waals surface area (Å²) in [6, 6.07) is 8.48. The molecule has 1 aromatic rings. The third kappa shape index (κ3) is 5.78. The third-order valence-electron chi connectivity index (χ3n) is 5.91. The van der Waals surface area contributed by atoms with E-state index in [1.165, 1.54) is 5.56 Å². The summed E-state index contributed by atoms with van der Waals surface area (Å²) in [7, 11) is 2.74. The minimum absolute atomic E-state index is 0.142. The molecule has 2 atom stereocenters. The average molecular weight is 428 g/mol. The van der Waals surface area contributed by atoms with E-state index < -0.39 is 0 Å². The Bertz CT molecular complexity index is 795. The molecule has 1 amide bonds. The van der Waals surface area contributed by atoms with E-state index >= 15 is 0 Å². The monoisotopic (exact) mass is 427 g/mol. The molecule has 2 N–H and O–H groups in total. The summed E-state index contributed by atoms with van der Waals surface area (Å²) in [4.78, 5) is 23.8. The number of nitrogens with zero attached hydrogens (tertiary/aromatic N) is 4. The van der Waals surface area contributed by atoms with Crippen molar-refractivity contribution in [3.63, 3.8) is 0 Å². The molecule has 1 aromatic carbocycles. The van der Waals surface area contributed by atoms with Crippen molar-refractivity contribution < 1.29 is 4.79 Å². The first-order valence-corrected chi connectivity index (χ1v) is 11.3. The Hall–Kier alpha value is -2.01. The van der Waals surface area contributed by atoms with Crippen LogP contribution < -0.4 is 11.0 Å². The summed E-state index contributed by atoms with van der Waals surface area (Å²) >= 11 is 0. The van der Waals surface area contributed by atoms with E-state index in [1.54, 1.807) is 12.3 Å². The fourth-order valence-electron chi connectivity index (χ4n) is 4.10. The summed E-state index contributed by atoms with van der Waals surface area (Å²) in [6.07, 6.45) is 6.61. The van der Waals surface area contributed by atoms with Crippen molar-refractivity contribution in [2.75, 3.05) is 39.3 Å². The van der Waals surface area contributed by atoms with E-state index in [0.29, 0.717) is 12.5 Å². The maximum Gasteiger partial charge on any atom is 0.224 e. The first-order chi connectivity index (χ1) is 14.5. The summed E-state index contributed by atoms with van der Waals surface area (Å²) in [5.74, 6) is 1.18. The molecular weight excluding hydrogens is 393 g/mol. The lowest BCUT2D eigenvalue weighted by Crippen LogP contribution is -2.64. The van der Waals surface area contributed by atoms with E-state index in [1.807, 2.05) is 30.0 Å². The van der Waals surface area contributed by atoms with E-state index in [0.717, 1.165) is 56.8 Å². The standard InChI is InChI=1S/C23H34N5OP/c1-3-9-25-22(4-2)27-12-10-26(11-13-27)20-16-28(17-20)23(29)15-19(24)14-18-7-5-6-8-21(18)30/h3-9,19-20H,1,10-17,24,30H2,2H3/b22-4+,25-9-. The Morgan fingerprint density at radius 2 is 1.97 bits per heavy atom. The highest BCUT2D eigenvalue weighted by Crippen LogP contribution is 2.20. The van der Waals surface area contributed by atoms with Crippen LogP contribution in [0.3, 0.4) is 0 Å². The van der Waals surface area contributed by atoms with Crippen molar-refractivity contribution in [2.45, 2.75) is 31.8 Å². The van der Waals surface area contributed by atoms with Gasteiger partial charge in [-0.05, 0) is 30.3 Å². The second-order valence-electron chi connectivity index (χ2n) is 8.00. The lowest BCUT2D eigenvalue weighted by atomic mass is 10.0. The maximum absolute atomic E-state index is 12.6. The van der Waals surface area contributed by atoms with Gasteiger partial charge in [0.05, 0.1) is 0 Å². The number of benzene rings is 1. The number of aliphatic imine (C=N–C) groups is 1. The number of likely N-dealkylation sites (tertiary alicyclic amines) is 1. The number of amides is 1. The average Bonchev–Trinajstić information content (AvgIpc) is 2.70. The number of allylic oxidation sites excluding steroid dienone is 2. The van der Waals surface area contributed by atoms with Crippen LogP contribution in [0.15, 0.2) is 53.8 Å². The van der Waals surface area contributed by atoms with Crippen LogP contribution in [0.2, 0.25) is 0 Å². The summed E-state index contributed by atoms with van der Waals surface area (Å²) in [6.45, 7) is 11.2. The number of rotatable bonds is 8. The molecule has 3 rings (SSSR count). The molecule has 2 saturated heterocycles. The van der Waals surface area contributed by atoms with Gasteiger partial charge in [-0.25, -0.2) is 4.99 Å². The molecule has 6 nitrogen and oxygen atoms in total. The van der Waals surface area contributed by atoms with Crippen molar-refractivity contribution in [1.29, 1.82) is 0 Å². The first-order valence-electron chi connectivity index (χ1n) is 10.7. The van der Waals surface area contributed by atoms with Gasteiger partial charge in [0.15, 0.2) is 0 Å². The van der Waals surface area contributed by atoms with Crippen LogP contribution in [0.5, 0.6) is 0 Å². The van der Waals surface area contributed by atoms with Gasteiger partial charge in [0.2, 0.25) is 5.91 Å². The highest BCUT2D eigenvalue weighted by Gasteiger charge is 2.36. The van der Waals surface area contributed by atoms with E-state index in [4.69, 9.17) is 5.73 Å². The summed E-state index contributed by atoms with van der Waals surface area (Å²) in [5.41, 5.74) is 7.46. The molecule has 0 radical (unpaired) electrons. The molecule has 2 unspecified atom stereocenters. The Balaban J connectivity index is 1.39. The van der Waals surface area contributed by atoms with Crippen LogP contribution >= 0.6 is 9.24 Å². The summed E-state index contributed by atoms with van der Waals surface area (Å²) < 4.78 is 0. The fourth-order valence-corrected chi connectivity index (χ4v) is 4.43. The Morgan fingerprint density at radius 3 is 2.60 bits per heavy atom. The zero-order valence-corrected chi connectivity index (χ0v) is 19.1. The smallest absolute Gasteiger partial charge is 0.224 e. The van der Waals surface area contributed by atoms with Gasteiger partial charge in [0.25, 0.3) is 0 Å². The van der Waals surface area contributed by atoms with Crippen molar-refractivity contribution in [2.24, 2.45) is 10.7 Å². The Kier molecular flexibility index (Phi) is 8.20. The molecule has 2 aliphatic rings. The topological polar surface area (TPSA) is 65.2 Å². The largest absolute Gasteiger partial charge is 0.354 e. The van der Waals surface area contributed by atoms with Gasteiger partial charge in [-0.15, -0.1) is 9.24 Å². The predicted molar refractivity (Wildman–Crippen MR) is 128 cm³/mol. The minimum atomic E-state index is -0.142. The lowest BCUT2D eigenvalue weighted by Gasteiger charge is -2.48. The predicted octanol–water partition coefficient (Wildman–Crippen LogP) is 1.39. The molecule has 2 aliphatic heterocycles. The molecular formula is C23H34N5OP. The van der Waals surface area contributed by atoms with Crippen LogP contribution in [0.4, 0.5) is 0 Å². The number of hydrogen-bond acceptors (Lipinski definition) is 5. The summed E-state index contributed by atoms with van der Waals surface area (Å²) in [5, 5.41) is 1.15. The van der Waals surface area contributed by atoms with Gasteiger partial charge in [0, 0.05) is 64.0 Å². The van der Waals surface area contributed by atoms with Crippen LogP contribution in [0.1, 0.15) is 18.9 Å². The van der Waals surface area contributed by atoms with Crippen LogP contribution in [0, 0.1) is 0 Å². The van der Waals surface area contributed by atoms with Gasteiger partial charge in [-0.3, -0.25) is 9.69 Å². The molecule has 2 heterocycles. The number of hydrogen-bond donors (Lipinski definition) is 1. The molecule has 0 aromatic heterocycles. The van der Waals surface area contributed by atoms with Crippen LogP contribution in [0.25, 0.3) is 0 Å². The molecule has 0 bridgehead atoms. The Labute approximate surface area is 182 Å². The van der Waals surface area contributed by atoms with Crippen LogP contribution in [-0.4, -0.2) is 78.2 Å². The lowest BCUT2D eigenvalue weighted by molar-refractivity contribution is -0.139. The molecule has 0 spiro atoms. The van der Waals surface area contributed by atoms with E-state index in [-0.39, 0.29) is 11.9 Å². The zero-order valence-electron chi connectivity index (χ0n) is 17.9. The van der Waals surface area contributed by atoms with Crippen molar-refractivity contribution in [1.82, 2.24) is 14.7 Å². The Morgan fingerprint density at radius 1 is 1.27 bits per heavy atom. The molecule has 162 valence electrons. The molecule has 7 heteroatoms. The van der Waals surface area contributed by atoms with Crippen LogP contribution in [-0.2, 0) is 11.2 Å². The second kappa shape index (κ2) is 10.9. The van der Waals surface area contributed by atoms with Crippen molar-refractivity contribution in [3.8, 4) is 0 Å². The van der Waals surface area contributed by atoms with Crippen molar-refractivity contribution >= 4 is 26.7 Å². The van der Waals surface area contributed by atoms with E-state index in [9.17, 15) is 4.79 Å². The molecule has 30 heavy (non-hydrogen) atoms. The van der Waals surface area contributed by atoms with Gasteiger partial charge in [0.1, 0.15) is 5.82 Å². The number of piperazine rings is 1. The maximum atomic E-state index is 12.6. The highest BCUT2D eigenvalue weighted by atomic mass is 31.0. The number of nitrogens with two attached hydrogens (primary N) is 1. The fraction of sp³-hybridized carbons (Fsp3) is 0.478. The molecule has 0 aliphatic carbocycles. The third-order valence-corrected chi connectivity index (χ3v) is 6.48. The minimum Gasteiger partial charge on any atom is -0.354 e. The quantitative estimate of drug-likeness (QED) is 0.503. The van der Waals surface area contributed by atoms with Gasteiger partial charge in [-0.1, -0.05) is 36.9 Å². The number of carbonyl (C=O) groups is 1. The normalized spacial score (nSPS) is 19.8.